The van der Waals surface area contributed by atoms with E-state index in [1.807, 2.05) is 25.1 Å². The Morgan fingerprint density at radius 1 is 1.10 bits per heavy atom. The Bertz CT molecular complexity index is 620. The van der Waals surface area contributed by atoms with Gasteiger partial charge in [-0.25, -0.2) is 0 Å². The predicted octanol–water partition coefficient (Wildman–Crippen LogP) is 4.92. The lowest BCUT2D eigenvalue weighted by molar-refractivity contribution is -0.116. The van der Waals surface area contributed by atoms with Gasteiger partial charge in [0.1, 0.15) is 0 Å². The second-order valence-electron chi connectivity index (χ2n) is 5.30. The highest BCUT2D eigenvalue weighted by molar-refractivity contribution is 6.31. The lowest BCUT2D eigenvalue weighted by Crippen LogP contribution is -2.12. The quantitative estimate of drug-likeness (QED) is 0.834. The summed E-state index contributed by atoms with van der Waals surface area (Å²) in [7, 11) is 0. The van der Waals surface area contributed by atoms with Gasteiger partial charge in [-0.15, -0.1) is 0 Å². The summed E-state index contributed by atoms with van der Waals surface area (Å²) in [4.78, 5) is 12.0. The van der Waals surface area contributed by atoms with E-state index in [9.17, 15) is 4.79 Å². The number of anilines is 1. The van der Waals surface area contributed by atoms with Gasteiger partial charge in [-0.1, -0.05) is 47.5 Å². The fourth-order valence-corrected chi connectivity index (χ4v) is 2.34. The van der Waals surface area contributed by atoms with Crippen molar-refractivity contribution in [2.24, 2.45) is 0 Å². The first-order valence-electron chi connectivity index (χ1n) is 7.17. The van der Waals surface area contributed by atoms with Gasteiger partial charge in [0, 0.05) is 17.1 Å². The van der Waals surface area contributed by atoms with Gasteiger partial charge in [0.25, 0.3) is 0 Å². The van der Waals surface area contributed by atoms with Crippen molar-refractivity contribution >= 4 is 23.2 Å². The fraction of sp³-hybridized carbons (Fsp3) is 0.278. The van der Waals surface area contributed by atoms with Crippen molar-refractivity contribution in [1.29, 1.82) is 0 Å². The molecule has 21 heavy (non-hydrogen) atoms. The molecule has 2 aromatic rings. The molecule has 3 heteroatoms. The molecule has 0 atom stereocenters. The van der Waals surface area contributed by atoms with Gasteiger partial charge < -0.3 is 5.32 Å². The van der Waals surface area contributed by atoms with Gasteiger partial charge >= 0.3 is 0 Å². The Hall–Kier alpha value is -1.80. The summed E-state index contributed by atoms with van der Waals surface area (Å²) >= 11 is 6.04. The molecule has 0 heterocycles. The number of hydrogen-bond donors (Lipinski definition) is 1. The zero-order chi connectivity index (χ0) is 15.2. The van der Waals surface area contributed by atoms with E-state index in [4.69, 9.17) is 11.6 Å². The number of nitrogens with one attached hydrogen (secondary N) is 1. The molecule has 0 radical (unpaired) electrons. The summed E-state index contributed by atoms with van der Waals surface area (Å²) < 4.78 is 0. The van der Waals surface area contributed by atoms with E-state index in [2.05, 4.69) is 36.5 Å². The van der Waals surface area contributed by atoms with Crippen LogP contribution in [0.25, 0.3) is 0 Å². The summed E-state index contributed by atoms with van der Waals surface area (Å²) in [6, 6.07) is 14.0. The minimum Gasteiger partial charge on any atom is -0.326 e. The van der Waals surface area contributed by atoms with Crippen molar-refractivity contribution in [2.75, 3.05) is 5.32 Å². The number of halogens is 1. The van der Waals surface area contributed by atoms with Gasteiger partial charge in [-0.05, 0) is 49.9 Å². The summed E-state index contributed by atoms with van der Waals surface area (Å²) in [5.74, 6) is 0.0347. The average Bonchev–Trinajstić information content (AvgIpc) is 2.46. The van der Waals surface area contributed by atoms with Crippen molar-refractivity contribution in [3.8, 4) is 0 Å². The maximum atomic E-state index is 12.0. The lowest BCUT2D eigenvalue weighted by Gasteiger charge is -2.09. The Labute approximate surface area is 131 Å². The average molecular weight is 302 g/mol. The van der Waals surface area contributed by atoms with Crippen LogP contribution in [-0.2, 0) is 11.2 Å². The summed E-state index contributed by atoms with van der Waals surface area (Å²) in [5, 5.41) is 3.60. The topological polar surface area (TPSA) is 29.1 Å². The number of aryl methyl sites for hydroxylation is 2. The fourth-order valence-electron chi connectivity index (χ4n) is 2.16. The lowest BCUT2D eigenvalue weighted by atomic mass is 10.1. The van der Waals surface area contributed by atoms with Crippen molar-refractivity contribution in [1.82, 2.24) is 0 Å². The van der Waals surface area contributed by atoms with E-state index in [-0.39, 0.29) is 5.91 Å². The summed E-state index contributed by atoms with van der Waals surface area (Å²) in [6.07, 6.45) is 2.27. The molecule has 0 aromatic heterocycles. The first kappa shape index (κ1) is 15.6. The molecule has 1 amide bonds. The Morgan fingerprint density at radius 2 is 1.81 bits per heavy atom. The summed E-state index contributed by atoms with van der Waals surface area (Å²) in [5.41, 5.74) is 4.23. The molecule has 2 aromatic carbocycles. The molecule has 0 saturated heterocycles. The van der Waals surface area contributed by atoms with Crippen LogP contribution in [-0.4, -0.2) is 5.91 Å². The van der Waals surface area contributed by atoms with Crippen molar-refractivity contribution in [2.45, 2.75) is 33.1 Å². The normalized spacial score (nSPS) is 10.4. The standard InChI is InChI=1S/C18H20ClNO/c1-13-9-11-15(12-10-13)5-3-8-18(21)20-17-7-4-6-16(19)14(17)2/h4,6-7,9-12H,3,5,8H2,1-2H3,(H,20,21). The third kappa shape index (κ3) is 4.61. The van der Waals surface area contributed by atoms with Crippen LogP contribution in [0.1, 0.15) is 29.5 Å². The number of carbonyl (C=O) groups is 1. The van der Waals surface area contributed by atoms with E-state index in [0.29, 0.717) is 11.4 Å². The van der Waals surface area contributed by atoms with E-state index in [1.165, 1.54) is 11.1 Å². The largest absolute Gasteiger partial charge is 0.326 e. The van der Waals surface area contributed by atoms with Crippen molar-refractivity contribution < 1.29 is 4.79 Å². The molecule has 0 bridgehead atoms. The molecule has 0 fully saturated rings. The Kier molecular flexibility index (Phi) is 5.40. The number of benzene rings is 2. The van der Waals surface area contributed by atoms with Gasteiger partial charge in [-0.3, -0.25) is 4.79 Å². The molecule has 1 N–H and O–H groups in total. The molecule has 0 saturated carbocycles. The first-order valence-corrected chi connectivity index (χ1v) is 7.54. The van der Waals surface area contributed by atoms with Gasteiger partial charge in [0.15, 0.2) is 0 Å². The SMILES string of the molecule is Cc1ccc(CCCC(=O)Nc2cccc(Cl)c2C)cc1. The van der Waals surface area contributed by atoms with E-state index < -0.39 is 0 Å². The molecule has 110 valence electrons. The third-order valence-electron chi connectivity index (χ3n) is 3.53. The van der Waals surface area contributed by atoms with Crippen LogP contribution >= 0.6 is 11.6 Å². The minimum absolute atomic E-state index is 0.0347. The highest BCUT2D eigenvalue weighted by Crippen LogP contribution is 2.23. The van der Waals surface area contributed by atoms with Crippen LogP contribution in [0.4, 0.5) is 5.69 Å². The molecular weight excluding hydrogens is 282 g/mol. The minimum atomic E-state index is 0.0347. The van der Waals surface area contributed by atoms with E-state index in [1.54, 1.807) is 0 Å². The maximum absolute atomic E-state index is 12.0. The monoisotopic (exact) mass is 301 g/mol. The molecule has 0 unspecified atom stereocenters. The Balaban J connectivity index is 1.82. The van der Waals surface area contributed by atoms with Crippen molar-refractivity contribution in [3.63, 3.8) is 0 Å². The predicted molar refractivity (Wildman–Crippen MR) is 88.9 cm³/mol. The van der Waals surface area contributed by atoms with Crippen LogP contribution in [0.5, 0.6) is 0 Å². The van der Waals surface area contributed by atoms with Crippen LogP contribution in [0.2, 0.25) is 5.02 Å². The number of amides is 1. The maximum Gasteiger partial charge on any atom is 0.224 e. The van der Waals surface area contributed by atoms with Gasteiger partial charge in [-0.2, -0.15) is 0 Å². The molecule has 0 aliphatic rings. The molecule has 2 rings (SSSR count). The van der Waals surface area contributed by atoms with Gasteiger partial charge in [0.05, 0.1) is 0 Å². The Morgan fingerprint density at radius 3 is 2.52 bits per heavy atom. The first-order chi connectivity index (χ1) is 10.1. The van der Waals surface area contributed by atoms with Crippen LogP contribution in [0.15, 0.2) is 42.5 Å². The zero-order valence-electron chi connectivity index (χ0n) is 12.4. The summed E-state index contributed by atoms with van der Waals surface area (Å²) in [6.45, 7) is 3.98. The van der Waals surface area contributed by atoms with Crippen LogP contribution in [0.3, 0.4) is 0 Å². The molecule has 0 spiro atoms. The second-order valence-corrected chi connectivity index (χ2v) is 5.71. The van der Waals surface area contributed by atoms with E-state index in [0.717, 1.165) is 24.1 Å². The molecule has 2 nitrogen and oxygen atoms in total. The zero-order valence-corrected chi connectivity index (χ0v) is 13.2. The second kappa shape index (κ2) is 7.28. The van der Waals surface area contributed by atoms with E-state index >= 15 is 0 Å². The molecule has 0 aliphatic heterocycles. The smallest absolute Gasteiger partial charge is 0.224 e. The molecule has 0 aliphatic carbocycles. The number of hydrogen-bond acceptors (Lipinski definition) is 1. The highest BCUT2D eigenvalue weighted by atomic mass is 35.5. The number of carbonyl (C=O) groups excluding carboxylic acids is 1. The number of rotatable bonds is 5. The third-order valence-corrected chi connectivity index (χ3v) is 3.94. The van der Waals surface area contributed by atoms with Crippen molar-refractivity contribution in [3.05, 3.63) is 64.2 Å². The van der Waals surface area contributed by atoms with Crippen LogP contribution < -0.4 is 5.32 Å². The van der Waals surface area contributed by atoms with Crippen LogP contribution in [0, 0.1) is 13.8 Å². The van der Waals surface area contributed by atoms with Gasteiger partial charge in [0.2, 0.25) is 5.91 Å². The highest BCUT2D eigenvalue weighted by Gasteiger charge is 2.06. The molecular formula is C18H20ClNO.